The van der Waals surface area contributed by atoms with E-state index in [-0.39, 0.29) is 23.3 Å². The van der Waals surface area contributed by atoms with E-state index < -0.39 is 0 Å². The fourth-order valence-corrected chi connectivity index (χ4v) is 3.37. The molecule has 0 heterocycles. The highest BCUT2D eigenvalue weighted by Crippen LogP contribution is 2.28. The van der Waals surface area contributed by atoms with E-state index in [1.54, 1.807) is 0 Å². The highest BCUT2D eigenvalue weighted by atomic mass is 79.9. The van der Waals surface area contributed by atoms with Gasteiger partial charge in [0.25, 0.3) is 0 Å². The molecule has 6 heteroatoms. The van der Waals surface area contributed by atoms with E-state index in [1.165, 1.54) is 0 Å². The zero-order chi connectivity index (χ0) is 15.1. The van der Waals surface area contributed by atoms with E-state index in [0.717, 1.165) is 20.1 Å². The molecule has 0 aromatic heterocycles. The second-order valence-corrected chi connectivity index (χ2v) is 6.62. The van der Waals surface area contributed by atoms with Gasteiger partial charge in [-0.15, -0.1) is 23.2 Å². The van der Waals surface area contributed by atoms with Crippen LogP contribution in [0.4, 0.5) is 0 Å². The molecule has 1 rings (SSSR count). The van der Waals surface area contributed by atoms with Crippen LogP contribution in [0.2, 0.25) is 0 Å². The summed E-state index contributed by atoms with van der Waals surface area (Å²) in [6, 6.07) is 3.96. The van der Waals surface area contributed by atoms with Crippen LogP contribution < -0.4 is 0 Å². The van der Waals surface area contributed by atoms with Crippen molar-refractivity contribution < 1.29 is 9.59 Å². The summed E-state index contributed by atoms with van der Waals surface area (Å²) in [5.41, 5.74) is 2.08. The van der Waals surface area contributed by atoms with Crippen LogP contribution >= 0.6 is 55.1 Å². The molecule has 20 heavy (non-hydrogen) atoms. The van der Waals surface area contributed by atoms with E-state index >= 15 is 0 Å². The Hall–Kier alpha value is 0.1000. The van der Waals surface area contributed by atoms with Crippen molar-refractivity contribution in [2.24, 2.45) is 0 Å². The molecule has 0 radical (unpaired) electrons. The molecule has 0 saturated heterocycles. The number of hydrogen-bond acceptors (Lipinski definition) is 2. The van der Waals surface area contributed by atoms with Gasteiger partial charge in [-0.1, -0.05) is 37.9 Å². The molecule has 0 atom stereocenters. The molecule has 0 aliphatic carbocycles. The lowest BCUT2D eigenvalue weighted by Crippen LogP contribution is -2.04. The number of ketones is 2. The van der Waals surface area contributed by atoms with Crippen molar-refractivity contribution in [3.8, 4) is 0 Å². The topological polar surface area (TPSA) is 34.1 Å². The van der Waals surface area contributed by atoms with Gasteiger partial charge < -0.3 is 0 Å². The number of Topliss-reactive ketones (excluding diaryl/α,β-unsaturated/α-hetero) is 2. The number of carbonyl (C=O) groups excluding carboxylic acids is 2. The zero-order valence-electron chi connectivity index (χ0n) is 10.7. The van der Waals surface area contributed by atoms with Crippen molar-refractivity contribution in [1.82, 2.24) is 0 Å². The van der Waals surface area contributed by atoms with Crippen LogP contribution in [-0.2, 0) is 22.4 Å². The zero-order valence-corrected chi connectivity index (χ0v) is 15.4. The van der Waals surface area contributed by atoms with Gasteiger partial charge in [-0.3, -0.25) is 9.59 Å². The number of halogens is 4. The molecule has 110 valence electrons. The Balaban J connectivity index is 2.80. The summed E-state index contributed by atoms with van der Waals surface area (Å²) in [6.07, 6.45) is 2.11. The summed E-state index contributed by atoms with van der Waals surface area (Å²) >= 11 is 18.0. The number of aryl methyl sites for hydroxylation is 2. The van der Waals surface area contributed by atoms with Crippen molar-refractivity contribution in [2.75, 3.05) is 11.8 Å². The van der Waals surface area contributed by atoms with Crippen LogP contribution in [0.3, 0.4) is 0 Å². The van der Waals surface area contributed by atoms with E-state index in [0.29, 0.717) is 25.7 Å². The Bertz CT molecular complexity index is 463. The van der Waals surface area contributed by atoms with Gasteiger partial charge in [0.15, 0.2) is 0 Å². The van der Waals surface area contributed by atoms with Crippen molar-refractivity contribution in [1.29, 1.82) is 0 Å². The first-order chi connectivity index (χ1) is 9.47. The molecule has 0 unspecified atom stereocenters. The number of rotatable bonds is 8. The maximum Gasteiger partial charge on any atom is 0.147 e. The van der Waals surface area contributed by atoms with Gasteiger partial charge in [-0.2, -0.15) is 0 Å². The fraction of sp³-hybridized carbons (Fsp3) is 0.429. The lowest BCUT2D eigenvalue weighted by atomic mass is 10.0. The molecule has 0 aliphatic heterocycles. The SMILES string of the molecule is O=C(CCl)CCc1cc(CCC(=O)CCl)c(Br)cc1Br. The lowest BCUT2D eigenvalue weighted by molar-refractivity contribution is -0.117. The predicted octanol–water partition coefficient (Wildman–Crippen LogP) is 4.69. The summed E-state index contributed by atoms with van der Waals surface area (Å²) in [7, 11) is 0. The Morgan fingerprint density at radius 1 is 0.850 bits per heavy atom. The largest absolute Gasteiger partial charge is 0.298 e. The second kappa shape index (κ2) is 9.19. The standard InChI is InChI=1S/C14H14Br2Cl2O2/c15-13-6-14(16)10(2-4-12(20)8-18)5-9(13)1-3-11(19)7-17/h5-6H,1-4,7-8H2. The molecular weight excluding hydrogens is 431 g/mol. The van der Waals surface area contributed by atoms with Gasteiger partial charge in [-0.25, -0.2) is 0 Å². The van der Waals surface area contributed by atoms with E-state index in [4.69, 9.17) is 23.2 Å². The molecule has 0 saturated carbocycles. The van der Waals surface area contributed by atoms with Crippen LogP contribution in [0.1, 0.15) is 24.0 Å². The van der Waals surface area contributed by atoms with Crippen LogP contribution in [0.25, 0.3) is 0 Å². The van der Waals surface area contributed by atoms with Crippen LogP contribution in [0, 0.1) is 0 Å². The van der Waals surface area contributed by atoms with Crippen molar-refractivity contribution in [3.63, 3.8) is 0 Å². The first-order valence-electron chi connectivity index (χ1n) is 6.10. The minimum Gasteiger partial charge on any atom is -0.298 e. The highest BCUT2D eigenvalue weighted by Gasteiger charge is 2.10. The molecule has 1 aromatic carbocycles. The highest BCUT2D eigenvalue weighted by molar-refractivity contribution is 9.11. The van der Waals surface area contributed by atoms with Gasteiger partial charge in [0.1, 0.15) is 11.6 Å². The maximum absolute atomic E-state index is 11.3. The molecule has 0 aliphatic rings. The lowest BCUT2D eigenvalue weighted by Gasteiger charge is -2.10. The fourth-order valence-electron chi connectivity index (χ4n) is 1.71. The van der Waals surface area contributed by atoms with Gasteiger partial charge in [0.2, 0.25) is 0 Å². The molecule has 2 nitrogen and oxygen atoms in total. The number of benzene rings is 1. The van der Waals surface area contributed by atoms with Crippen molar-refractivity contribution in [2.45, 2.75) is 25.7 Å². The number of alkyl halides is 2. The molecule has 0 fully saturated rings. The van der Waals surface area contributed by atoms with Gasteiger partial charge in [0.05, 0.1) is 11.8 Å². The molecular formula is C14H14Br2Cl2O2. The van der Waals surface area contributed by atoms with Crippen LogP contribution in [0.15, 0.2) is 21.1 Å². The van der Waals surface area contributed by atoms with Gasteiger partial charge in [0, 0.05) is 21.8 Å². The summed E-state index contributed by atoms with van der Waals surface area (Å²) in [5.74, 6) is 0.150. The molecule has 1 aromatic rings. The molecule has 0 amide bonds. The smallest absolute Gasteiger partial charge is 0.147 e. The van der Waals surface area contributed by atoms with Crippen molar-refractivity contribution >= 4 is 66.6 Å². The Morgan fingerprint density at radius 3 is 1.60 bits per heavy atom. The Morgan fingerprint density at radius 2 is 1.25 bits per heavy atom. The average Bonchev–Trinajstić information content (AvgIpc) is 2.44. The molecule has 0 N–H and O–H groups in total. The first-order valence-corrected chi connectivity index (χ1v) is 8.75. The summed E-state index contributed by atoms with van der Waals surface area (Å²) < 4.78 is 1.89. The van der Waals surface area contributed by atoms with Crippen LogP contribution in [0.5, 0.6) is 0 Å². The summed E-state index contributed by atoms with van der Waals surface area (Å²) in [4.78, 5) is 22.6. The first kappa shape index (κ1) is 18.1. The minimum atomic E-state index is 0.0281. The van der Waals surface area contributed by atoms with E-state index in [1.807, 2.05) is 12.1 Å². The monoisotopic (exact) mass is 442 g/mol. The van der Waals surface area contributed by atoms with Gasteiger partial charge in [-0.05, 0) is 30.0 Å². The molecule has 0 spiro atoms. The molecule has 0 bridgehead atoms. The summed E-state index contributed by atoms with van der Waals surface area (Å²) in [6.45, 7) is 0. The second-order valence-electron chi connectivity index (χ2n) is 4.38. The van der Waals surface area contributed by atoms with Gasteiger partial charge >= 0.3 is 0 Å². The quantitative estimate of drug-likeness (QED) is 0.545. The van der Waals surface area contributed by atoms with Crippen LogP contribution in [-0.4, -0.2) is 23.3 Å². The number of carbonyl (C=O) groups is 2. The third-order valence-electron chi connectivity index (χ3n) is 2.86. The third kappa shape index (κ3) is 5.84. The maximum atomic E-state index is 11.3. The normalized spacial score (nSPS) is 10.6. The van der Waals surface area contributed by atoms with E-state index in [9.17, 15) is 9.59 Å². The third-order valence-corrected chi connectivity index (χ3v) is 4.93. The minimum absolute atomic E-state index is 0.0281. The van der Waals surface area contributed by atoms with Crippen molar-refractivity contribution in [3.05, 3.63) is 32.2 Å². The van der Waals surface area contributed by atoms with E-state index in [2.05, 4.69) is 31.9 Å². The average molecular weight is 445 g/mol. The Labute approximate surface area is 145 Å². The number of hydrogen-bond donors (Lipinski definition) is 0. The Kier molecular flexibility index (Phi) is 8.34. The predicted molar refractivity (Wildman–Crippen MR) is 89.9 cm³/mol. The summed E-state index contributed by atoms with van der Waals surface area (Å²) in [5, 5.41) is 0.